The Bertz CT molecular complexity index is 925. The first kappa shape index (κ1) is 17.5. The van der Waals surface area contributed by atoms with Crippen molar-refractivity contribution in [1.29, 1.82) is 0 Å². The first-order valence-corrected chi connectivity index (χ1v) is 9.66. The van der Waals surface area contributed by atoms with Crippen LogP contribution in [0, 0.1) is 0 Å². The van der Waals surface area contributed by atoms with Crippen molar-refractivity contribution in [1.82, 2.24) is 14.9 Å². The number of hydrogen-bond donors (Lipinski definition) is 2. The molecule has 0 saturated carbocycles. The van der Waals surface area contributed by atoms with Crippen LogP contribution in [-0.2, 0) is 26.0 Å². The molecule has 3 rings (SSSR count). The van der Waals surface area contributed by atoms with Gasteiger partial charge < -0.3 is 10.2 Å². The van der Waals surface area contributed by atoms with Crippen LogP contribution < -0.4 is 14.9 Å². The highest BCUT2D eigenvalue weighted by Gasteiger charge is 2.27. The van der Waals surface area contributed by atoms with E-state index in [2.05, 4.69) is 20.2 Å². The van der Waals surface area contributed by atoms with Crippen molar-refractivity contribution >= 4 is 44.0 Å². The molecule has 0 atom stereocenters. The normalized spacial score (nSPS) is 13.6. The number of hydrogen-bond acceptors (Lipinski definition) is 7. The summed E-state index contributed by atoms with van der Waals surface area (Å²) in [6.45, 7) is 1.41. The largest absolute Gasteiger partial charge is 0.311 e. The molecule has 2 amide bonds. The van der Waals surface area contributed by atoms with Gasteiger partial charge in [0.05, 0.1) is 6.54 Å². The van der Waals surface area contributed by atoms with Gasteiger partial charge in [-0.15, -0.1) is 10.2 Å². The van der Waals surface area contributed by atoms with Gasteiger partial charge in [-0.05, 0) is 18.1 Å². The molecule has 0 radical (unpaired) electrons. The zero-order chi connectivity index (χ0) is 18.0. The van der Waals surface area contributed by atoms with E-state index in [1.54, 1.807) is 4.90 Å². The minimum atomic E-state index is -3.98. The molecule has 1 aromatic heterocycles. The van der Waals surface area contributed by atoms with E-state index in [4.69, 9.17) is 0 Å². The van der Waals surface area contributed by atoms with Crippen LogP contribution >= 0.6 is 11.3 Å². The third kappa shape index (κ3) is 3.83. The van der Waals surface area contributed by atoms with E-state index in [1.165, 1.54) is 6.92 Å². The monoisotopic (exact) mass is 381 g/mol. The Morgan fingerprint density at radius 3 is 2.80 bits per heavy atom. The second-order valence-electron chi connectivity index (χ2n) is 5.30. The highest BCUT2D eigenvalue weighted by Crippen LogP contribution is 2.27. The number of nitrogens with zero attached hydrogens (tertiary/aromatic N) is 3. The van der Waals surface area contributed by atoms with E-state index in [0.717, 1.165) is 17.7 Å². The van der Waals surface area contributed by atoms with Gasteiger partial charge in [0.25, 0.3) is 10.0 Å². The summed E-state index contributed by atoms with van der Waals surface area (Å²) in [6, 6.07) is 7.51. The highest BCUT2D eigenvalue weighted by atomic mass is 32.2. The number of nitrogens with one attached hydrogen (secondary N) is 2. The van der Waals surface area contributed by atoms with Crippen molar-refractivity contribution in [2.24, 2.45) is 0 Å². The van der Waals surface area contributed by atoms with Crippen LogP contribution in [0.15, 0.2) is 28.6 Å². The van der Waals surface area contributed by atoms with Gasteiger partial charge in [-0.2, -0.15) is 4.72 Å². The van der Waals surface area contributed by atoms with Gasteiger partial charge in [0, 0.05) is 19.2 Å². The first-order chi connectivity index (χ1) is 11.9. The van der Waals surface area contributed by atoms with Crippen LogP contribution in [-0.4, -0.2) is 43.5 Å². The molecule has 0 unspecified atom stereocenters. The molecule has 0 aliphatic carbocycles. The highest BCUT2D eigenvalue weighted by molar-refractivity contribution is 7.91. The lowest BCUT2D eigenvalue weighted by Gasteiger charge is -2.17. The predicted molar refractivity (Wildman–Crippen MR) is 91.9 cm³/mol. The summed E-state index contributed by atoms with van der Waals surface area (Å²) >= 11 is 0.711. The third-order valence-electron chi connectivity index (χ3n) is 3.52. The van der Waals surface area contributed by atoms with E-state index >= 15 is 0 Å². The summed E-state index contributed by atoms with van der Waals surface area (Å²) in [5.41, 5.74) is 1.86. The number of sulfonamides is 1. The fourth-order valence-corrected chi connectivity index (χ4v) is 4.39. The van der Waals surface area contributed by atoms with E-state index < -0.39 is 10.0 Å². The summed E-state index contributed by atoms with van der Waals surface area (Å²) in [6.07, 6.45) is 0.741. The SMILES string of the molecule is CC(=O)Nc1nnc(S(=O)(=O)NCC(=O)N2CCc3ccccc32)s1. The Morgan fingerprint density at radius 1 is 1.28 bits per heavy atom. The van der Waals surface area contributed by atoms with Crippen molar-refractivity contribution < 1.29 is 18.0 Å². The Kier molecular flexibility index (Phi) is 4.79. The topological polar surface area (TPSA) is 121 Å². The smallest absolute Gasteiger partial charge is 0.270 e. The fourth-order valence-electron chi connectivity index (χ4n) is 2.43. The minimum absolute atomic E-state index is 0.0765. The molecular weight excluding hydrogens is 366 g/mol. The fraction of sp³-hybridized carbons (Fsp3) is 0.286. The van der Waals surface area contributed by atoms with Crippen LogP contribution in [0.1, 0.15) is 12.5 Å². The van der Waals surface area contributed by atoms with Crippen molar-refractivity contribution in [3.63, 3.8) is 0 Å². The van der Waals surface area contributed by atoms with Gasteiger partial charge in [0.2, 0.25) is 21.3 Å². The average molecular weight is 381 g/mol. The Morgan fingerprint density at radius 2 is 2.04 bits per heavy atom. The second kappa shape index (κ2) is 6.86. The van der Waals surface area contributed by atoms with Crippen molar-refractivity contribution in [2.45, 2.75) is 17.7 Å². The first-order valence-electron chi connectivity index (χ1n) is 7.36. The van der Waals surface area contributed by atoms with Gasteiger partial charge in [-0.3, -0.25) is 9.59 Å². The van der Waals surface area contributed by atoms with Crippen molar-refractivity contribution in [3.8, 4) is 0 Å². The third-order valence-corrected chi connectivity index (χ3v) is 6.13. The number of fused-ring (bicyclic) bond motifs is 1. The molecule has 0 bridgehead atoms. The van der Waals surface area contributed by atoms with E-state index in [9.17, 15) is 18.0 Å². The van der Waals surface area contributed by atoms with Gasteiger partial charge in [0.1, 0.15) is 0 Å². The van der Waals surface area contributed by atoms with Crippen LogP contribution in [0.25, 0.3) is 0 Å². The minimum Gasteiger partial charge on any atom is -0.311 e. The number of rotatable bonds is 5. The number of benzene rings is 1. The summed E-state index contributed by atoms with van der Waals surface area (Å²) in [5.74, 6) is -0.726. The number of para-hydroxylation sites is 1. The molecule has 11 heteroatoms. The molecule has 9 nitrogen and oxygen atoms in total. The number of carbonyl (C=O) groups excluding carboxylic acids is 2. The quantitative estimate of drug-likeness (QED) is 0.722. The molecule has 1 aromatic carbocycles. The zero-order valence-electron chi connectivity index (χ0n) is 13.2. The molecule has 2 heterocycles. The maximum atomic E-state index is 12.3. The molecule has 0 fully saturated rings. The maximum Gasteiger partial charge on any atom is 0.270 e. The summed E-state index contributed by atoms with van der Waals surface area (Å²) < 4.78 is 26.3. The number of carbonyl (C=O) groups is 2. The molecule has 1 aliphatic heterocycles. The summed E-state index contributed by atoms with van der Waals surface area (Å²) in [7, 11) is -3.98. The van der Waals surface area contributed by atoms with Crippen LogP contribution in [0.3, 0.4) is 0 Å². The second-order valence-corrected chi connectivity index (χ2v) is 8.22. The van der Waals surface area contributed by atoms with Gasteiger partial charge in [-0.1, -0.05) is 29.5 Å². The van der Waals surface area contributed by atoms with Crippen LogP contribution in [0.4, 0.5) is 10.8 Å². The number of anilines is 2. The van der Waals surface area contributed by atoms with Gasteiger partial charge >= 0.3 is 0 Å². The molecule has 2 N–H and O–H groups in total. The maximum absolute atomic E-state index is 12.3. The lowest BCUT2D eigenvalue weighted by Crippen LogP contribution is -2.39. The molecule has 25 heavy (non-hydrogen) atoms. The van der Waals surface area contributed by atoms with E-state index in [0.29, 0.717) is 17.9 Å². The Labute approximate surface area is 148 Å². The van der Waals surface area contributed by atoms with Crippen LogP contribution in [0.2, 0.25) is 0 Å². The van der Waals surface area contributed by atoms with Crippen molar-refractivity contribution in [2.75, 3.05) is 23.3 Å². The van der Waals surface area contributed by atoms with Gasteiger partial charge in [0.15, 0.2) is 0 Å². The number of aromatic nitrogens is 2. The van der Waals surface area contributed by atoms with Gasteiger partial charge in [-0.25, -0.2) is 8.42 Å². The summed E-state index contributed by atoms with van der Waals surface area (Å²) in [4.78, 5) is 24.8. The standard InChI is InChI=1S/C14H15N5O4S2/c1-9(20)16-13-17-18-14(24-13)25(22,23)15-8-12(21)19-7-6-10-4-2-3-5-11(10)19/h2-5,15H,6-8H2,1H3,(H,16,17,20). The average Bonchev–Trinajstić information content (AvgIpc) is 3.19. The number of amides is 2. The summed E-state index contributed by atoms with van der Waals surface area (Å²) in [5, 5.41) is 9.54. The van der Waals surface area contributed by atoms with Crippen molar-refractivity contribution in [3.05, 3.63) is 29.8 Å². The van der Waals surface area contributed by atoms with Crippen LogP contribution in [0.5, 0.6) is 0 Å². The lowest BCUT2D eigenvalue weighted by molar-refractivity contribution is -0.117. The van der Waals surface area contributed by atoms with E-state index in [-0.39, 0.29) is 27.8 Å². The Balaban J connectivity index is 1.65. The molecular formula is C14H15N5O4S2. The zero-order valence-corrected chi connectivity index (χ0v) is 14.9. The Hall–Kier alpha value is -2.37. The van der Waals surface area contributed by atoms with E-state index in [1.807, 2.05) is 24.3 Å². The molecule has 0 saturated heterocycles. The molecule has 2 aromatic rings. The predicted octanol–water partition coefficient (Wildman–Crippen LogP) is 0.364. The molecule has 0 spiro atoms. The molecule has 1 aliphatic rings. The molecule has 132 valence electrons. The lowest BCUT2D eigenvalue weighted by atomic mass is 10.2.